The number of carbonyl (C=O) groups is 1. The molecule has 0 spiro atoms. The maximum absolute atomic E-state index is 12.6. The first kappa shape index (κ1) is 16.2. The highest BCUT2D eigenvalue weighted by molar-refractivity contribution is 6.03. The average molecular weight is 315 g/mol. The van der Waals surface area contributed by atoms with Crippen LogP contribution >= 0.6 is 0 Å². The van der Waals surface area contributed by atoms with Crippen molar-refractivity contribution in [1.82, 2.24) is 4.90 Å². The van der Waals surface area contributed by atoms with E-state index in [9.17, 15) is 4.79 Å². The maximum Gasteiger partial charge on any atom is 0.162 e. The van der Waals surface area contributed by atoms with E-state index in [2.05, 4.69) is 4.90 Å². The molecule has 1 saturated heterocycles. The van der Waals surface area contributed by atoms with Crippen LogP contribution in [0.2, 0.25) is 0 Å². The van der Waals surface area contributed by atoms with E-state index in [1.807, 2.05) is 30.3 Å². The predicted octanol–water partition coefficient (Wildman–Crippen LogP) is 2.78. The smallest absolute Gasteiger partial charge is 0.162 e. The van der Waals surface area contributed by atoms with Crippen LogP contribution in [0.15, 0.2) is 29.8 Å². The van der Waals surface area contributed by atoms with Crippen molar-refractivity contribution < 1.29 is 14.3 Å². The van der Waals surface area contributed by atoms with Gasteiger partial charge in [-0.3, -0.25) is 9.69 Å². The number of rotatable bonds is 5. The van der Waals surface area contributed by atoms with Crippen molar-refractivity contribution in [3.05, 3.63) is 35.4 Å². The molecule has 1 saturated carbocycles. The molecule has 4 nitrogen and oxygen atoms in total. The lowest BCUT2D eigenvalue weighted by Crippen LogP contribution is -2.37. The van der Waals surface area contributed by atoms with Crippen molar-refractivity contribution in [3.63, 3.8) is 0 Å². The Kier molecular flexibility index (Phi) is 5.47. The van der Waals surface area contributed by atoms with Gasteiger partial charge in [0.2, 0.25) is 0 Å². The van der Waals surface area contributed by atoms with Crippen LogP contribution in [0.5, 0.6) is 5.75 Å². The second-order valence-electron chi connectivity index (χ2n) is 6.25. The number of hydrogen-bond acceptors (Lipinski definition) is 4. The summed E-state index contributed by atoms with van der Waals surface area (Å²) in [5, 5.41) is 0. The van der Waals surface area contributed by atoms with Gasteiger partial charge in [-0.2, -0.15) is 0 Å². The van der Waals surface area contributed by atoms with Crippen LogP contribution in [-0.2, 0) is 9.53 Å². The third-order valence-electron chi connectivity index (χ3n) is 4.82. The van der Waals surface area contributed by atoms with Crippen molar-refractivity contribution in [2.75, 3.05) is 40.0 Å². The number of ketones is 1. The molecule has 3 rings (SSSR count). The zero-order valence-corrected chi connectivity index (χ0v) is 13.8. The monoisotopic (exact) mass is 315 g/mol. The topological polar surface area (TPSA) is 38.8 Å². The molecule has 1 aliphatic heterocycles. The van der Waals surface area contributed by atoms with Gasteiger partial charge in [0.25, 0.3) is 0 Å². The van der Waals surface area contributed by atoms with Crippen LogP contribution < -0.4 is 4.74 Å². The summed E-state index contributed by atoms with van der Waals surface area (Å²) in [6.45, 7) is 4.62. The zero-order valence-electron chi connectivity index (χ0n) is 13.8. The lowest BCUT2D eigenvalue weighted by atomic mass is 10.0. The number of ether oxygens (including phenoxy) is 2. The first-order valence-corrected chi connectivity index (χ1v) is 8.46. The van der Waals surface area contributed by atoms with Crippen LogP contribution in [0.1, 0.15) is 24.8 Å². The van der Waals surface area contributed by atoms with Crippen molar-refractivity contribution >= 4 is 11.9 Å². The molecular weight excluding hydrogens is 290 g/mol. The molecule has 2 fully saturated rings. The molecule has 1 aromatic rings. The third kappa shape index (κ3) is 4.01. The number of Topliss-reactive ketones (excluding diaryl/α,β-unsaturated/α-hetero) is 1. The minimum Gasteiger partial charge on any atom is -0.496 e. The molecule has 1 heterocycles. The molecule has 1 atom stereocenters. The minimum absolute atomic E-state index is 0.179. The molecule has 124 valence electrons. The van der Waals surface area contributed by atoms with E-state index in [0.717, 1.165) is 69.0 Å². The highest BCUT2D eigenvalue weighted by Crippen LogP contribution is 2.32. The lowest BCUT2D eigenvalue weighted by Gasteiger charge is -2.27. The van der Waals surface area contributed by atoms with Crippen molar-refractivity contribution in [2.24, 2.45) is 5.92 Å². The summed E-state index contributed by atoms with van der Waals surface area (Å²) >= 11 is 0. The molecule has 23 heavy (non-hydrogen) atoms. The number of methoxy groups -OCH3 is 1. The zero-order chi connectivity index (χ0) is 16.1. The Morgan fingerprint density at radius 3 is 2.87 bits per heavy atom. The number of para-hydroxylation sites is 1. The molecule has 4 heteroatoms. The van der Waals surface area contributed by atoms with Crippen LogP contribution in [0, 0.1) is 5.92 Å². The van der Waals surface area contributed by atoms with Gasteiger partial charge in [-0.15, -0.1) is 0 Å². The average Bonchev–Trinajstić information content (AvgIpc) is 2.94. The number of hydrogen-bond donors (Lipinski definition) is 0. The third-order valence-corrected chi connectivity index (χ3v) is 4.82. The summed E-state index contributed by atoms with van der Waals surface area (Å²) < 4.78 is 10.7. The molecule has 1 aromatic carbocycles. The molecule has 1 aliphatic carbocycles. The van der Waals surface area contributed by atoms with E-state index < -0.39 is 0 Å². The Morgan fingerprint density at radius 2 is 2.09 bits per heavy atom. The fourth-order valence-electron chi connectivity index (χ4n) is 3.40. The Balaban J connectivity index is 1.60. The van der Waals surface area contributed by atoms with E-state index in [1.54, 1.807) is 7.11 Å². The van der Waals surface area contributed by atoms with Crippen LogP contribution in [0.4, 0.5) is 0 Å². The molecular formula is C19H25NO3. The molecule has 0 aromatic heterocycles. The Morgan fingerprint density at radius 1 is 1.30 bits per heavy atom. The molecule has 2 aliphatic rings. The van der Waals surface area contributed by atoms with E-state index in [0.29, 0.717) is 5.78 Å². The Bertz CT molecular complexity index is 576. The van der Waals surface area contributed by atoms with Gasteiger partial charge in [-0.25, -0.2) is 0 Å². The van der Waals surface area contributed by atoms with Gasteiger partial charge in [-0.05, 0) is 43.5 Å². The summed E-state index contributed by atoms with van der Waals surface area (Å²) in [6.07, 6.45) is 4.83. The standard InChI is InChI=1S/C19H25NO3/c1-22-18-5-3-2-4-16(18)14-17-7-6-15(19(17)21)8-9-20-10-12-23-13-11-20/h2-5,14-15H,6-13H2,1H3/b17-14+. The SMILES string of the molecule is COc1ccccc1/C=C1\CCC(CCN2CCOCC2)C1=O. The molecule has 0 amide bonds. The fourth-order valence-corrected chi connectivity index (χ4v) is 3.40. The number of nitrogens with zero attached hydrogens (tertiary/aromatic N) is 1. The van der Waals surface area contributed by atoms with Crippen molar-refractivity contribution in [1.29, 1.82) is 0 Å². The van der Waals surface area contributed by atoms with Crippen LogP contribution in [0.25, 0.3) is 6.08 Å². The number of allylic oxidation sites excluding steroid dienone is 1. The number of morpholine rings is 1. The maximum atomic E-state index is 12.6. The van der Waals surface area contributed by atoms with Gasteiger partial charge in [0, 0.05) is 24.6 Å². The highest BCUT2D eigenvalue weighted by atomic mass is 16.5. The second-order valence-corrected chi connectivity index (χ2v) is 6.25. The molecule has 1 unspecified atom stereocenters. The van der Waals surface area contributed by atoms with E-state index in [1.165, 1.54) is 0 Å². The Hall–Kier alpha value is -1.65. The quantitative estimate of drug-likeness (QED) is 0.783. The summed E-state index contributed by atoms with van der Waals surface area (Å²) in [5.41, 5.74) is 1.94. The van der Waals surface area contributed by atoms with Crippen LogP contribution in [0.3, 0.4) is 0 Å². The van der Waals surface area contributed by atoms with Crippen LogP contribution in [-0.4, -0.2) is 50.6 Å². The first-order valence-electron chi connectivity index (χ1n) is 8.46. The van der Waals surface area contributed by atoms with Gasteiger partial charge in [-0.1, -0.05) is 18.2 Å². The predicted molar refractivity (Wildman–Crippen MR) is 90.6 cm³/mol. The second kappa shape index (κ2) is 7.75. The highest BCUT2D eigenvalue weighted by Gasteiger charge is 2.29. The van der Waals surface area contributed by atoms with E-state index in [4.69, 9.17) is 9.47 Å². The summed E-state index contributed by atoms with van der Waals surface area (Å²) in [7, 11) is 1.67. The van der Waals surface area contributed by atoms with Gasteiger partial charge in [0.15, 0.2) is 5.78 Å². The first-order chi connectivity index (χ1) is 11.3. The van der Waals surface area contributed by atoms with E-state index in [-0.39, 0.29) is 5.92 Å². The minimum atomic E-state index is 0.179. The largest absolute Gasteiger partial charge is 0.496 e. The number of carbonyl (C=O) groups excluding carboxylic acids is 1. The molecule has 0 radical (unpaired) electrons. The normalized spacial score (nSPS) is 24.3. The van der Waals surface area contributed by atoms with Gasteiger partial charge >= 0.3 is 0 Å². The summed E-state index contributed by atoms with van der Waals surface area (Å²) in [4.78, 5) is 15.0. The van der Waals surface area contributed by atoms with Gasteiger partial charge < -0.3 is 9.47 Å². The van der Waals surface area contributed by atoms with Gasteiger partial charge in [0.1, 0.15) is 5.75 Å². The van der Waals surface area contributed by atoms with E-state index >= 15 is 0 Å². The molecule has 0 N–H and O–H groups in total. The molecule has 0 bridgehead atoms. The fraction of sp³-hybridized carbons (Fsp3) is 0.526. The summed E-state index contributed by atoms with van der Waals surface area (Å²) in [5.74, 6) is 1.33. The summed E-state index contributed by atoms with van der Waals surface area (Å²) in [6, 6.07) is 7.86. The van der Waals surface area contributed by atoms with Crippen molar-refractivity contribution in [2.45, 2.75) is 19.3 Å². The number of benzene rings is 1. The lowest BCUT2D eigenvalue weighted by molar-refractivity contribution is -0.118. The van der Waals surface area contributed by atoms with Gasteiger partial charge in [0.05, 0.1) is 20.3 Å². The Labute approximate surface area is 138 Å². The van der Waals surface area contributed by atoms with Crippen molar-refractivity contribution in [3.8, 4) is 5.75 Å².